The summed E-state index contributed by atoms with van der Waals surface area (Å²) in [5.74, 6) is 0.946. The van der Waals surface area contributed by atoms with Crippen molar-refractivity contribution in [2.75, 3.05) is 0 Å². The van der Waals surface area contributed by atoms with Crippen molar-refractivity contribution in [3.05, 3.63) is 35.9 Å². The molecule has 1 aliphatic rings. The van der Waals surface area contributed by atoms with Gasteiger partial charge in [0.2, 0.25) is 0 Å². The lowest BCUT2D eigenvalue weighted by molar-refractivity contribution is 0.159. The highest BCUT2D eigenvalue weighted by Gasteiger charge is 2.20. The van der Waals surface area contributed by atoms with E-state index in [9.17, 15) is 0 Å². The number of benzene rings is 1. The van der Waals surface area contributed by atoms with Gasteiger partial charge in [-0.2, -0.15) is 0 Å². The van der Waals surface area contributed by atoms with Gasteiger partial charge in [-0.25, -0.2) is 0 Å². The summed E-state index contributed by atoms with van der Waals surface area (Å²) in [4.78, 5) is 0. The predicted octanol–water partition coefficient (Wildman–Crippen LogP) is 2.67. The van der Waals surface area contributed by atoms with Gasteiger partial charge in [-0.05, 0) is 38.1 Å². The fraction of sp³-hybridized carbons (Fsp3) is 0.273. The van der Waals surface area contributed by atoms with E-state index in [1.807, 2.05) is 32.0 Å². The van der Waals surface area contributed by atoms with E-state index < -0.39 is 0 Å². The van der Waals surface area contributed by atoms with Crippen LogP contribution in [0.5, 0.6) is 5.75 Å². The molecule has 0 N–H and O–H groups in total. The van der Waals surface area contributed by atoms with Crippen LogP contribution in [-0.2, 0) is 0 Å². The molecule has 0 amide bonds. The van der Waals surface area contributed by atoms with Crippen LogP contribution < -0.4 is 4.74 Å². The summed E-state index contributed by atoms with van der Waals surface area (Å²) in [5, 5.41) is 0. The first kappa shape index (κ1) is 7.41. The Kier molecular flexibility index (Phi) is 1.47. The first-order valence-electron chi connectivity index (χ1n) is 4.06. The lowest BCUT2D eigenvalue weighted by Crippen LogP contribution is -2.27. The maximum Gasteiger partial charge on any atom is 0.127 e. The summed E-state index contributed by atoms with van der Waals surface area (Å²) in [7, 11) is 0. The Hall–Kier alpha value is -1.24. The van der Waals surface area contributed by atoms with Crippen LogP contribution in [0.2, 0.25) is 0 Å². The molecule has 12 heavy (non-hydrogen) atoms. The lowest BCUT2D eigenvalue weighted by atomic mass is 10.0. The molecule has 61 valence electrons. The van der Waals surface area contributed by atoms with Gasteiger partial charge in [-0.3, -0.25) is 0 Å². The minimum Gasteiger partial charge on any atom is -0.483 e. The molecule has 0 fully saturated rings. The Morgan fingerprint density at radius 1 is 1.42 bits per heavy atom. The van der Waals surface area contributed by atoms with E-state index in [0.29, 0.717) is 0 Å². The smallest absolute Gasteiger partial charge is 0.127 e. The molecule has 1 heterocycles. The third-order valence-electron chi connectivity index (χ3n) is 1.89. The van der Waals surface area contributed by atoms with Gasteiger partial charge in [0.25, 0.3) is 0 Å². The maximum absolute atomic E-state index is 5.71. The van der Waals surface area contributed by atoms with Crippen molar-refractivity contribution in [1.82, 2.24) is 0 Å². The van der Waals surface area contributed by atoms with E-state index in [4.69, 9.17) is 4.74 Å². The Labute approximate surface area is 72.7 Å². The van der Waals surface area contributed by atoms with Gasteiger partial charge in [-0.1, -0.05) is 12.1 Å². The molecule has 2 rings (SSSR count). The van der Waals surface area contributed by atoms with E-state index in [1.54, 1.807) is 0 Å². The van der Waals surface area contributed by atoms with Crippen LogP contribution in [0.1, 0.15) is 19.4 Å². The summed E-state index contributed by atoms with van der Waals surface area (Å²) in [6.45, 7) is 4.09. The monoisotopic (exact) mass is 159 g/mol. The van der Waals surface area contributed by atoms with Crippen LogP contribution in [0.25, 0.3) is 6.08 Å². The van der Waals surface area contributed by atoms with Crippen LogP contribution in [0.3, 0.4) is 0 Å². The van der Waals surface area contributed by atoms with Crippen molar-refractivity contribution in [2.45, 2.75) is 19.4 Å². The molecule has 0 unspecified atom stereocenters. The lowest BCUT2D eigenvalue weighted by Gasteiger charge is -2.27. The molecule has 0 bridgehead atoms. The van der Waals surface area contributed by atoms with Crippen molar-refractivity contribution in [1.29, 1.82) is 0 Å². The molecule has 1 aliphatic heterocycles. The van der Waals surface area contributed by atoms with E-state index in [2.05, 4.69) is 18.2 Å². The number of rotatable bonds is 0. The average molecular weight is 159 g/mol. The molecule has 1 radical (unpaired) electrons. The zero-order valence-corrected chi connectivity index (χ0v) is 7.29. The van der Waals surface area contributed by atoms with Crippen LogP contribution in [0.4, 0.5) is 0 Å². The zero-order valence-electron chi connectivity index (χ0n) is 7.29. The van der Waals surface area contributed by atoms with E-state index in [-0.39, 0.29) is 5.60 Å². The molecule has 0 saturated carbocycles. The Bertz CT molecular complexity index is 324. The normalized spacial score (nSPS) is 18.2. The van der Waals surface area contributed by atoms with Crippen molar-refractivity contribution < 1.29 is 4.74 Å². The largest absolute Gasteiger partial charge is 0.483 e. The highest BCUT2D eigenvalue weighted by molar-refractivity contribution is 5.60. The van der Waals surface area contributed by atoms with Crippen LogP contribution in [0, 0.1) is 6.07 Å². The van der Waals surface area contributed by atoms with Gasteiger partial charge >= 0.3 is 0 Å². The standard InChI is InChI=1S/C11H11O/c1-11(2)8-7-9-5-3-4-6-10(9)12-11/h4-8H,1-2H3. The fourth-order valence-electron chi connectivity index (χ4n) is 1.26. The molecule has 0 spiro atoms. The highest BCUT2D eigenvalue weighted by atomic mass is 16.5. The summed E-state index contributed by atoms with van der Waals surface area (Å²) >= 11 is 0. The van der Waals surface area contributed by atoms with Crippen molar-refractivity contribution >= 4 is 6.08 Å². The zero-order chi connectivity index (χ0) is 8.60. The summed E-state index contributed by atoms with van der Waals surface area (Å²) < 4.78 is 5.71. The third kappa shape index (κ3) is 1.22. The summed E-state index contributed by atoms with van der Waals surface area (Å²) in [6, 6.07) is 8.76. The minimum atomic E-state index is -0.172. The average Bonchev–Trinajstić information content (AvgIpc) is 2.02. The Balaban J connectivity index is 2.46. The molecular formula is C11H11O. The van der Waals surface area contributed by atoms with Crippen molar-refractivity contribution in [3.8, 4) is 5.75 Å². The van der Waals surface area contributed by atoms with Crippen LogP contribution in [0.15, 0.2) is 24.3 Å². The maximum atomic E-state index is 5.71. The van der Waals surface area contributed by atoms with E-state index >= 15 is 0 Å². The Morgan fingerprint density at radius 3 is 3.08 bits per heavy atom. The molecule has 0 atom stereocenters. The Morgan fingerprint density at radius 2 is 2.25 bits per heavy atom. The van der Waals surface area contributed by atoms with E-state index in [0.717, 1.165) is 11.3 Å². The molecule has 0 aliphatic carbocycles. The van der Waals surface area contributed by atoms with Crippen LogP contribution >= 0.6 is 0 Å². The molecule has 1 aromatic carbocycles. The van der Waals surface area contributed by atoms with Gasteiger partial charge in [0, 0.05) is 5.56 Å². The topological polar surface area (TPSA) is 9.23 Å². The SMILES string of the molecule is CC1(C)C=Cc2c[c]ccc2O1. The van der Waals surface area contributed by atoms with Crippen LogP contribution in [-0.4, -0.2) is 5.60 Å². The number of hydrogen-bond acceptors (Lipinski definition) is 1. The molecule has 0 saturated heterocycles. The third-order valence-corrected chi connectivity index (χ3v) is 1.89. The second kappa shape index (κ2) is 2.37. The van der Waals surface area contributed by atoms with Crippen molar-refractivity contribution in [3.63, 3.8) is 0 Å². The molecule has 1 aromatic rings. The number of ether oxygens (including phenoxy) is 1. The number of hydrogen-bond donors (Lipinski definition) is 0. The highest BCUT2D eigenvalue weighted by Crippen LogP contribution is 2.29. The quantitative estimate of drug-likeness (QED) is 0.565. The molecular weight excluding hydrogens is 148 g/mol. The van der Waals surface area contributed by atoms with Gasteiger partial charge in [0.05, 0.1) is 0 Å². The second-order valence-electron chi connectivity index (χ2n) is 3.50. The first-order valence-corrected chi connectivity index (χ1v) is 4.06. The first-order chi connectivity index (χ1) is 5.67. The summed E-state index contributed by atoms with van der Waals surface area (Å²) in [5.41, 5.74) is 0.936. The predicted molar refractivity (Wildman–Crippen MR) is 49.0 cm³/mol. The van der Waals surface area contributed by atoms with Crippen molar-refractivity contribution in [2.24, 2.45) is 0 Å². The van der Waals surface area contributed by atoms with Gasteiger partial charge in [0.15, 0.2) is 0 Å². The fourth-order valence-corrected chi connectivity index (χ4v) is 1.26. The number of fused-ring (bicyclic) bond motifs is 1. The molecule has 1 nitrogen and oxygen atoms in total. The molecule has 0 aromatic heterocycles. The van der Waals surface area contributed by atoms with Gasteiger partial charge in [-0.15, -0.1) is 0 Å². The van der Waals surface area contributed by atoms with Gasteiger partial charge in [0.1, 0.15) is 11.4 Å². The van der Waals surface area contributed by atoms with Gasteiger partial charge < -0.3 is 4.74 Å². The minimum absolute atomic E-state index is 0.172. The van der Waals surface area contributed by atoms with E-state index in [1.165, 1.54) is 0 Å². The molecule has 1 heteroatoms. The second-order valence-corrected chi connectivity index (χ2v) is 3.50. The summed E-state index contributed by atoms with van der Waals surface area (Å²) in [6.07, 6.45) is 4.14.